The Labute approximate surface area is 145 Å². The predicted octanol–water partition coefficient (Wildman–Crippen LogP) is 4.29. The molecular formula is C19H19FN4O. The van der Waals surface area contributed by atoms with Crippen molar-refractivity contribution >= 4 is 17.5 Å². The summed E-state index contributed by atoms with van der Waals surface area (Å²) >= 11 is 0. The van der Waals surface area contributed by atoms with E-state index in [1.807, 2.05) is 37.3 Å². The highest BCUT2D eigenvalue weighted by Crippen LogP contribution is 2.26. The molecule has 0 atom stereocenters. The number of ether oxygens (including phenoxy) is 1. The van der Waals surface area contributed by atoms with Gasteiger partial charge >= 0.3 is 0 Å². The fraction of sp³-hybridized carbons (Fsp3) is 0.158. The van der Waals surface area contributed by atoms with Gasteiger partial charge < -0.3 is 15.4 Å². The smallest absolute Gasteiger partial charge is 0.229 e. The first kappa shape index (κ1) is 16.7. The second kappa shape index (κ2) is 7.61. The number of anilines is 3. The molecule has 0 fully saturated rings. The molecule has 0 aliphatic carbocycles. The molecule has 128 valence electrons. The van der Waals surface area contributed by atoms with Crippen LogP contribution in [-0.2, 0) is 6.54 Å². The Balaban J connectivity index is 1.75. The Kier molecular flexibility index (Phi) is 5.09. The van der Waals surface area contributed by atoms with Crippen molar-refractivity contribution in [3.05, 3.63) is 71.7 Å². The van der Waals surface area contributed by atoms with Gasteiger partial charge in [-0.25, -0.2) is 9.37 Å². The number of para-hydroxylation sites is 2. The summed E-state index contributed by atoms with van der Waals surface area (Å²) < 4.78 is 18.3. The molecule has 0 bridgehead atoms. The fourth-order valence-corrected chi connectivity index (χ4v) is 2.38. The molecule has 1 heterocycles. The topological polar surface area (TPSA) is 59.1 Å². The van der Waals surface area contributed by atoms with E-state index < -0.39 is 0 Å². The predicted molar refractivity (Wildman–Crippen MR) is 96.8 cm³/mol. The number of nitrogens with one attached hydrogen (secondary N) is 2. The van der Waals surface area contributed by atoms with Gasteiger partial charge in [0.15, 0.2) is 0 Å². The molecule has 2 aromatic carbocycles. The first-order valence-electron chi connectivity index (χ1n) is 7.88. The number of methoxy groups -OCH3 is 1. The van der Waals surface area contributed by atoms with Gasteiger partial charge in [0.2, 0.25) is 5.95 Å². The lowest BCUT2D eigenvalue weighted by Gasteiger charge is -2.12. The number of aromatic nitrogens is 2. The quantitative estimate of drug-likeness (QED) is 0.702. The minimum atomic E-state index is -0.245. The molecule has 2 N–H and O–H groups in total. The Hall–Kier alpha value is -3.15. The molecule has 3 rings (SSSR count). The Morgan fingerprint density at radius 3 is 2.56 bits per heavy atom. The summed E-state index contributed by atoms with van der Waals surface area (Å²) in [5.41, 5.74) is 2.59. The molecule has 1 aromatic heterocycles. The minimum Gasteiger partial charge on any atom is -0.495 e. The molecule has 0 aliphatic rings. The first-order chi connectivity index (χ1) is 12.1. The largest absolute Gasteiger partial charge is 0.495 e. The van der Waals surface area contributed by atoms with Crippen LogP contribution in [0.1, 0.15) is 11.3 Å². The molecule has 6 heteroatoms. The Bertz CT molecular complexity index is 852. The first-order valence-corrected chi connectivity index (χ1v) is 7.88. The molecule has 25 heavy (non-hydrogen) atoms. The maximum atomic E-state index is 13.0. The van der Waals surface area contributed by atoms with Crippen molar-refractivity contribution < 1.29 is 9.13 Å². The van der Waals surface area contributed by atoms with Crippen LogP contribution in [0.5, 0.6) is 5.75 Å². The van der Waals surface area contributed by atoms with E-state index in [9.17, 15) is 4.39 Å². The summed E-state index contributed by atoms with van der Waals surface area (Å²) in [4.78, 5) is 8.88. The molecule has 0 unspecified atom stereocenters. The van der Waals surface area contributed by atoms with E-state index in [4.69, 9.17) is 4.74 Å². The van der Waals surface area contributed by atoms with Crippen LogP contribution in [0.15, 0.2) is 54.6 Å². The van der Waals surface area contributed by atoms with E-state index in [2.05, 4.69) is 20.6 Å². The van der Waals surface area contributed by atoms with E-state index in [1.54, 1.807) is 19.2 Å². The SMILES string of the molecule is COc1ccccc1Nc1nc(C)cc(NCc2ccc(F)cc2)n1. The van der Waals surface area contributed by atoms with Crippen molar-refractivity contribution in [1.82, 2.24) is 9.97 Å². The minimum absolute atomic E-state index is 0.245. The average molecular weight is 338 g/mol. The van der Waals surface area contributed by atoms with Crippen LogP contribution in [0.4, 0.5) is 21.8 Å². The maximum Gasteiger partial charge on any atom is 0.229 e. The third kappa shape index (κ3) is 4.44. The number of benzene rings is 2. The molecule has 0 saturated carbocycles. The Morgan fingerprint density at radius 2 is 1.80 bits per heavy atom. The van der Waals surface area contributed by atoms with E-state index >= 15 is 0 Å². The summed E-state index contributed by atoms with van der Waals surface area (Å²) in [6.07, 6.45) is 0. The van der Waals surface area contributed by atoms with E-state index in [1.165, 1.54) is 12.1 Å². The number of hydrogen-bond acceptors (Lipinski definition) is 5. The van der Waals surface area contributed by atoms with Gasteiger partial charge in [-0.3, -0.25) is 0 Å². The van der Waals surface area contributed by atoms with Gasteiger partial charge in [0.1, 0.15) is 17.4 Å². The van der Waals surface area contributed by atoms with Crippen molar-refractivity contribution in [2.45, 2.75) is 13.5 Å². The molecular weight excluding hydrogens is 319 g/mol. The van der Waals surface area contributed by atoms with Gasteiger partial charge in [0.05, 0.1) is 12.8 Å². The van der Waals surface area contributed by atoms with E-state index in [-0.39, 0.29) is 5.82 Å². The van der Waals surface area contributed by atoms with E-state index in [0.29, 0.717) is 24.1 Å². The van der Waals surface area contributed by atoms with Gasteiger partial charge in [-0.1, -0.05) is 24.3 Å². The van der Waals surface area contributed by atoms with Crippen LogP contribution < -0.4 is 15.4 Å². The number of rotatable bonds is 6. The molecule has 0 radical (unpaired) electrons. The molecule has 0 spiro atoms. The molecule has 3 aromatic rings. The van der Waals surface area contributed by atoms with E-state index in [0.717, 1.165) is 16.9 Å². The molecule has 0 amide bonds. The summed E-state index contributed by atoms with van der Waals surface area (Å²) in [6.45, 7) is 2.45. The van der Waals surface area contributed by atoms with Gasteiger partial charge in [-0.15, -0.1) is 0 Å². The maximum absolute atomic E-state index is 13.0. The van der Waals surface area contributed by atoms with Crippen LogP contribution >= 0.6 is 0 Å². The van der Waals surface area contributed by atoms with Gasteiger partial charge in [-0.05, 0) is 36.8 Å². The third-order valence-electron chi connectivity index (χ3n) is 3.59. The number of aryl methyl sites for hydroxylation is 1. The highest BCUT2D eigenvalue weighted by Gasteiger charge is 2.06. The summed E-state index contributed by atoms with van der Waals surface area (Å²) in [5.74, 6) is 1.64. The second-order valence-electron chi connectivity index (χ2n) is 5.52. The number of nitrogens with zero attached hydrogens (tertiary/aromatic N) is 2. The zero-order valence-corrected chi connectivity index (χ0v) is 14.1. The van der Waals surface area contributed by atoms with Crippen molar-refractivity contribution in [1.29, 1.82) is 0 Å². The van der Waals surface area contributed by atoms with Crippen molar-refractivity contribution in [2.24, 2.45) is 0 Å². The molecule has 0 aliphatic heterocycles. The van der Waals surface area contributed by atoms with Crippen LogP contribution in [0.2, 0.25) is 0 Å². The van der Waals surface area contributed by atoms with Crippen LogP contribution in [0, 0.1) is 12.7 Å². The zero-order valence-electron chi connectivity index (χ0n) is 14.1. The average Bonchev–Trinajstić information content (AvgIpc) is 2.61. The van der Waals surface area contributed by atoms with Crippen LogP contribution in [0.25, 0.3) is 0 Å². The zero-order chi connectivity index (χ0) is 17.6. The van der Waals surface area contributed by atoms with Crippen LogP contribution in [-0.4, -0.2) is 17.1 Å². The lowest BCUT2D eigenvalue weighted by atomic mass is 10.2. The second-order valence-corrected chi connectivity index (χ2v) is 5.52. The van der Waals surface area contributed by atoms with Gasteiger partial charge in [0.25, 0.3) is 0 Å². The number of hydrogen-bond donors (Lipinski definition) is 2. The highest BCUT2D eigenvalue weighted by molar-refractivity contribution is 5.63. The van der Waals surface area contributed by atoms with Gasteiger partial charge in [0, 0.05) is 18.3 Å². The molecule has 0 saturated heterocycles. The Morgan fingerprint density at radius 1 is 1.04 bits per heavy atom. The normalized spacial score (nSPS) is 10.4. The summed E-state index contributed by atoms with van der Waals surface area (Å²) in [7, 11) is 1.62. The van der Waals surface area contributed by atoms with Crippen LogP contribution in [0.3, 0.4) is 0 Å². The van der Waals surface area contributed by atoms with Crippen molar-refractivity contribution in [3.8, 4) is 5.75 Å². The lowest BCUT2D eigenvalue weighted by molar-refractivity contribution is 0.417. The molecule has 5 nitrogen and oxygen atoms in total. The van der Waals surface area contributed by atoms with Crippen molar-refractivity contribution in [3.63, 3.8) is 0 Å². The van der Waals surface area contributed by atoms with Gasteiger partial charge in [-0.2, -0.15) is 4.98 Å². The standard InChI is InChI=1S/C19H19FN4O/c1-13-11-18(21-12-14-7-9-15(20)10-8-14)24-19(22-13)23-16-5-3-4-6-17(16)25-2/h3-11H,12H2,1-2H3,(H2,21,22,23,24). The lowest BCUT2D eigenvalue weighted by Crippen LogP contribution is -2.06. The number of halogens is 1. The highest BCUT2D eigenvalue weighted by atomic mass is 19.1. The van der Waals surface area contributed by atoms with Crippen molar-refractivity contribution in [2.75, 3.05) is 17.7 Å². The monoisotopic (exact) mass is 338 g/mol. The summed E-state index contributed by atoms with van der Waals surface area (Å²) in [5, 5.41) is 6.40. The summed E-state index contributed by atoms with van der Waals surface area (Å²) in [6, 6.07) is 15.8. The fourth-order valence-electron chi connectivity index (χ4n) is 2.38. The third-order valence-corrected chi connectivity index (χ3v) is 3.59.